The van der Waals surface area contributed by atoms with Crippen LogP contribution in [-0.4, -0.2) is 28.3 Å². The van der Waals surface area contributed by atoms with E-state index in [1.807, 2.05) is 38.1 Å². The Balaban J connectivity index is 1.96. The minimum Gasteiger partial charge on any atom is -0.491 e. The van der Waals surface area contributed by atoms with Gasteiger partial charge in [-0.05, 0) is 38.5 Å². The van der Waals surface area contributed by atoms with Crippen LogP contribution in [0.15, 0.2) is 35.3 Å². The second-order valence-corrected chi connectivity index (χ2v) is 4.89. The molecule has 3 rings (SSSR count). The van der Waals surface area contributed by atoms with Gasteiger partial charge in [-0.2, -0.15) is 0 Å². The van der Waals surface area contributed by atoms with E-state index < -0.39 is 0 Å². The maximum atomic E-state index is 5.69. The normalized spacial score (nSPS) is 15.0. The van der Waals surface area contributed by atoms with Crippen LogP contribution in [-0.2, 0) is 0 Å². The molecule has 0 radical (unpaired) electrons. The summed E-state index contributed by atoms with van der Waals surface area (Å²) in [5.41, 5.74) is 2.84. The van der Waals surface area contributed by atoms with Crippen LogP contribution < -0.4 is 4.74 Å². The molecule has 1 aliphatic rings. The predicted octanol–water partition coefficient (Wildman–Crippen LogP) is 3.10. The van der Waals surface area contributed by atoms with Crippen LogP contribution in [0.2, 0.25) is 0 Å². The van der Waals surface area contributed by atoms with Crippen molar-refractivity contribution in [3.8, 4) is 5.75 Å². The smallest absolute Gasteiger partial charge is 0.156 e. The van der Waals surface area contributed by atoms with E-state index >= 15 is 0 Å². The fraction of sp³-hybridized carbons (Fsp3) is 0.333. The van der Waals surface area contributed by atoms with Gasteiger partial charge < -0.3 is 9.72 Å². The van der Waals surface area contributed by atoms with Crippen LogP contribution in [0.4, 0.5) is 0 Å². The number of aromatic nitrogens is 2. The Bertz CT molecular complexity index is 652. The Hall–Kier alpha value is -2.10. The summed E-state index contributed by atoms with van der Waals surface area (Å²) in [5, 5.41) is 0. The third kappa shape index (κ3) is 2.52. The number of imidazole rings is 1. The van der Waals surface area contributed by atoms with Crippen molar-refractivity contribution >= 4 is 16.7 Å². The molecular formula is C15H17N3O. The molecule has 1 aromatic carbocycles. The highest BCUT2D eigenvalue weighted by Crippen LogP contribution is 2.20. The van der Waals surface area contributed by atoms with Crippen molar-refractivity contribution < 1.29 is 4.74 Å². The largest absolute Gasteiger partial charge is 0.491 e. The number of aromatic amines is 1. The molecule has 0 amide bonds. The van der Waals surface area contributed by atoms with E-state index in [9.17, 15) is 0 Å². The molecular weight excluding hydrogens is 238 g/mol. The topological polar surface area (TPSA) is 50.3 Å². The third-order valence-electron chi connectivity index (χ3n) is 2.92. The molecule has 0 unspecified atom stereocenters. The van der Waals surface area contributed by atoms with Gasteiger partial charge in [-0.15, -0.1) is 0 Å². The Morgan fingerprint density at radius 2 is 2.21 bits per heavy atom. The monoisotopic (exact) mass is 255 g/mol. The van der Waals surface area contributed by atoms with Crippen LogP contribution >= 0.6 is 0 Å². The van der Waals surface area contributed by atoms with Crippen LogP contribution in [0.3, 0.4) is 0 Å². The standard InChI is InChI=1S/C15H17N3O/c1-10(2)19-11-6-7-12-14(9-11)18-15(17-12)13-5-3-4-8-16-13/h3,5-7,9-10H,4,8H2,1-2H3,(H,17,18). The number of allylic oxidation sites excluding steroid dienone is 1. The van der Waals surface area contributed by atoms with E-state index in [-0.39, 0.29) is 6.10 Å². The van der Waals surface area contributed by atoms with Gasteiger partial charge in [-0.3, -0.25) is 4.99 Å². The highest BCUT2D eigenvalue weighted by atomic mass is 16.5. The second-order valence-electron chi connectivity index (χ2n) is 4.89. The van der Waals surface area contributed by atoms with Gasteiger partial charge in [0.1, 0.15) is 5.75 Å². The fourth-order valence-electron chi connectivity index (χ4n) is 2.12. The minimum atomic E-state index is 0.172. The summed E-state index contributed by atoms with van der Waals surface area (Å²) in [4.78, 5) is 12.3. The van der Waals surface area contributed by atoms with E-state index in [0.29, 0.717) is 0 Å². The molecule has 0 saturated heterocycles. The first kappa shape index (κ1) is 12.0. The maximum absolute atomic E-state index is 5.69. The first-order chi connectivity index (χ1) is 9.22. The lowest BCUT2D eigenvalue weighted by Crippen LogP contribution is -2.05. The van der Waals surface area contributed by atoms with Crippen LogP contribution in [0.1, 0.15) is 26.1 Å². The molecule has 2 aromatic rings. The van der Waals surface area contributed by atoms with E-state index in [1.165, 1.54) is 0 Å². The van der Waals surface area contributed by atoms with E-state index in [1.54, 1.807) is 0 Å². The van der Waals surface area contributed by atoms with Gasteiger partial charge in [0.15, 0.2) is 5.82 Å². The van der Waals surface area contributed by atoms with Crippen molar-refractivity contribution in [2.24, 2.45) is 4.99 Å². The summed E-state index contributed by atoms with van der Waals surface area (Å²) in [5.74, 6) is 1.69. The molecule has 0 saturated carbocycles. The molecule has 4 nitrogen and oxygen atoms in total. The second kappa shape index (κ2) is 4.88. The van der Waals surface area contributed by atoms with Gasteiger partial charge in [0.2, 0.25) is 0 Å². The van der Waals surface area contributed by atoms with Gasteiger partial charge in [0.25, 0.3) is 0 Å². The molecule has 0 spiro atoms. The summed E-state index contributed by atoms with van der Waals surface area (Å²) in [7, 11) is 0. The number of aliphatic imine (C=N–C) groups is 1. The highest BCUT2D eigenvalue weighted by molar-refractivity contribution is 6.08. The average molecular weight is 255 g/mol. The molecule has 4 heteroatoms. The van der Waals surface area contributed by atoms with E-state index in [2.05, 4.69) is 21.0 Å². The number of H-pyrrole nitrogens is 1. The molecule has 1 N–H and O–H groups in total. The Labute approximate surface area is 112 Å². The maximum Gasteiger partial charge on any atom is 0.156 e. The molecule has 0 aliphatic carbocycles. The Kier molecular flexibility index (Phi) is 3.07. The zero-order valence-electron chi connectivity index (χ0n) is 11.2. The fourth-order valence-corrected chi connectivity index (χ4v) is 2.12. The lowest BCUT2D eigenvalue weighted by Gasteiger charge is -2.08. The molecule has 0 bridgehead atoms. The highest BCUT2D eigenvalue weighted by Gasteiger charge is 2.09. The number of hydrogen-bond acceptors (Lipinski definition) is 3. The number of rotatable bonds is 3. The van der Waals surface area contributed by atoms with Crippen LogP contribution in [0.5, 0.6) is 5.75 Å². The van der Waals surface area contributed by atoms with Crippen molar-refractivity contribution in [1.29, 1.82) is 0 Å². The zero-order chi connectivity index (χ0) is 13.2. The first-order valence-electron chi connectivity index (χ1n) is 6.60. The van der Waals surface area contributed by atoms with E-state index in [4.69, 9.17) is 4.74 Å². The van der Waals surface area contributed by atoms with Crippen molar-refractivity contribution in [3.05, 3.63) is 36.2 Å². The lowest BCUT2D eigenvalue weighted by atomic mass is 10.2. The zero-order valence-corrected chi connectivity index (χ0v) is 11.2. The number of nitrogens with one attached hydrogen (secondary N) is 1. The predicted molar refractivity (Wildman–Crippen MR) is 77.0 cm³/mol. The van der Waals surface area contributed by atoms with Crippen LogP contribution in [0.25, 0.3) is 11.0 Å². The summed E-state index contributed by atoms with van der Waals surface area (Å²) < 4.78 is 5.69. The molecule has 1 aromatic heterocycles. The van der Waals surface area contributed by atoms with Crippen molar-refractivity contribution in [2.45, 2.75) is 26.4 Å². The number of ether oxygens (including phenoxy) is 1. The molecule has 0 atom stereocenters. The van der Waals surface area contributed by atoms with Gasteiger partial charge in [-0.25, -0.2) is 4.98 Å². The van der Waals surface area contributed by atoms with Gasteiger partial charge >= 0.3 is 0 Å². The average Bonchev–Trinajstić information content (AvgIpc) is 2.82. The van der Waals surface area contributed by atoms with Gasteiger partial charge in [0, 0.05) is 12.6 Å². The molecule has 0 fully saturated rings. The van der Waals surface area contributed by atoms with Crippen molar-refractivity contribution in [3.63, 3.8) is 0 Å². The molecule has 1 aliphatic heterocycles. The third-order valence-corrected chi connectivity index (χ3v) is 2.92. The first-order valence-corrected chi connectivity index (χ1v) is 6.60. The minimum absolute atomic E-state index is 0.172. The van der Waals surface area contributed by atoms with Crippen LogP contribution in [0, 0.1) is 0 Å². The quantitative estimate of drug-likeness (QED) is 0.916. The number of benzene rings is 1. The van der Waals surface area contributed by atoms with E-state index in [0.717, 1.165) is 41.3 Å². The van der Waals surface area contributed by atoms with Gasteiger partial charge in [0.05, 0.1) is 22.8 Å². The summed E-state index contributed by atoms with van der Waals surface area (Å²) in [6.07, 6.45) is 5.33. The number of fused-ring (bicyclic) bond motifs is 1. The number of nitrogens with zero attached hydrogens (tertiary/aromatic N) is 2. The number of hydrogen-bond donors (Lipinski definition) is 1. The Morgan fingerprint density at radius 1 is 1.32 bits per heavy atom. The molecule has 2 heterocycles. The lowest BCUT2D eigenvalue weighted by molar-refractivity contribution is 0.242. The Morgan fingerprint density at radius 3 is 2.95 bits per heavy atom. The summed E-state index contributed by atoms with van der Waals surface area (Å²) in [6, 6.07) is 5.91. The van der Waals surface area contributed by atoms with Crippen molar-refractivity contribution in [2.75, 3.05) is 6.54 Å². The van der Waals surface area contributed by atoms with Gasteiger partial charge in [-0.1, -0.05) is 6.08 Å². The summed E-state index contributed by atoms with van der Waals surface area (Å²) >= 11 is 0. The van der Waals surface area contributed by atoms with Crippen molar-refractivity contribution in [1.82, 2.24) is 9.97 Å². The summed E-state index contributed by atoms with van der Waals surface area (Å²) in [6.45, 7) is 4.87. The molecule has 98 valence electrons. The number of dihydropyridines is 1. The SMILES string of the molecule is CC(C)Oc1ccc2nc(C3=NCCC=C3)[nH]c2c1. The molecule has 19 heavy (non-hydrogen) atoms.